The summed E-state index contributed by atoms with van der Waals surface area (Å²) in [6.07, 6.45) is 11.9. The molecule has 60 heavy (non-hydrogen) atoms. The van der Waals surface area contributed by atoms with Crippen LogP contribution in [0.2, 0.25) is 0 Å². The first-order chi connectivity index (χ1) is 28.6. The zero-order chi connectivity index (χ0) is 44.2. The van der Waals surface area contributed by atoms with E-state index in [2.05, 4.69) is 6.92 Å². The summed E-state index contributed by atoms with van der Waals surface area (Å²) in [6, 6.07) is 5.85. The summed E-state index contributed by atoms with van der Waals surface area (Å²) in [5, 5.41) is 0. The van der Waals surface area contributed by atoms with Gasteiger partial charge in [0, 0.05) is 41.8 Å². The number of unbranched alkanes of at least 4 members (excludes halogenated alkanes) is 15. The van der Waals surface area contributed by atoms with Crippen molar-refractivity contribution in [2.75, 3.05) is 27.3 Å². The Morgan fingerprint density at radius 1 is 0.600 bits per heavy atom. The van der Waals surface area contributed by atoms with E-state index in [-0.39, 0.29) is 6.42 Å². The molecule has 4 amide bonds. The molecule has 336 valence electrons. The lowest BCUT2D eigenvalue weighted by Crippen LogP contribution is -2.74. The lowest BCUT2D eigenvalue weighted by atomic mass is 9.68. The Bertz CT molecular complexity index is 1560. The van der Waals surface area contributed by atoms with Crippen LogP contribution in [0.4, 0.5) is 4.79 Å². The normalized spacial score (nSPS) is 21.4. The standard InChI is InChI=1S/C45H68N2O13/c1-8-9-10-11-12-13-14-15-16-17-18-19-20-21-22-23-28-55-36-26-24-35(25-27-36)29-45(42(52)46(6)44(54)47(7)43(45)53)41-40(59-34(5)51)39(58-33(4)50)38(57-32(3)49)37(60-41)30-56-31(2)48/h24-27,37-41H,8-23,28-30H2,1-7H3/t37-,38+,39+,40-,41-/m1/s1. The van der Waals surface area contributed by atoms with Crippen LogP contribution in [0.5, 0.6) is 5.75 Å². The van der Waals surface area contributed by atoms with Crippen LogP contribution in [-0.2, 0) is 58.9 Å². The van der Waals surface area contributed by atoms with E-state index in [4.69, 9.17) is 28.4 Å². The van der Waals surface area contributed by atoms with E-state index in [0.717, 1.165) is 56.8 Å². The molecule has 2 fully saturated rings. The number of carbonyl (C=O) groups excluding carboxylic acids is 7. The Kier molecular flexibility index (Phi) is 21.0. The van der Waals surface area contributed by atoms with E-state index in [1.54, 1.807) is 24.3 Å². The SMILES string of the molecule is CCCCCCCCCCCCCCCCCCOc1ccc(CC2([C@@H]3O[C@H](COC(C)=O)[C@H](OC(C)=O)[C@H](OC(C)=O)[C@H]3OC(C)=O)C(=O)N(C)C(=O)N(C)C2=O)cc1. The second kappa shape index (κ2) is 25.3. The highest BCUT2D eigenvalue weighted by atomic mass is 16.7. The number of ether oxygens (including phenoxy) is 6. The van der Waals surface area contributed by atoms with Crippen molar-refractivity contribution in [2.45, 2.75) is 174 Å². The van der Waals surface area contributed by atoms with Crippen molar-refractivity contribution in [1.29, 1.82) is 0 Å². The fourth-order valence-corrected chi connectivity index (χ4v) is 8.07. The summed E-state index contributed by atoms with van der Waals surface area (Å²) in [5.41, 5.74) is -1.86. The maximum atomic E-state index is 14.5. The van der Waals surface area contributed by atoms with Crippen molar-refractivity contribution in [3.05, 3.63) is 29.8 Å². The molecular formula is C45H68N2O13. The summed E-state index contributed by atoms with van der Waals surface area (Å²) in [6.45, 7) is 6.54. The van der Waals surface area contributed by atoms with Crippen LogP contribution < -0.4 is 4.74 Å². The Balaban J connectivity index is 1.72. The predicted molar refractivity (Wildman–Crippen MR) is 221 cm³/mol. The van der Waals surface area contributed by atoms with Gasteiger partial charge in [0.25, 0.3) is 0 Å². The fourth-order valence-electron chi connectivity index (χ4n) is 8.07. The maximum Gasteiger partial charge on any atom is 0.332 e. The van der Waals surface area contributed by atoms with Crippen LogP contribution in [0.25, 0.3) is 0 Å². The van der Waals surface area contributed by atoms with Gasteiger partial charge in [0.2, 0.25) is 11.8 Å². The summed E-state index contributed by atoms with van der Waals surface area (Å²) in [4.78, 5) is 93.0. The van der Waals surface area contributed by atoms with Gasteiger partial charge >= 0.3 is 29.9 Å². The lowest BCUT2D eigenvalue weighted by Gasteiger charge is -2.52. The first kappa shape index (κ1) is 49.8. The van der Waals surface area contributed by atoms with Gasteiger partial charge < -0.3 is 28.4 Å². The van der Waals surface area contributed by atoms with Crippen molar-refractivity contribution < 1.29 is 62.0 Å². The van der Waals surface area contributed by atoms with Gasteiger partial charge in [-0.25, -0.2) is 4.79 Å². The fraction of sp³-hybridized carbons (Fsp3) is 0.711. The summed E-state index contributed by atoms with van der Waals surface area (Å²) >= 11 is 0. The number of benzene rings is 1. The van der Waals surface area contributed by atoms with E-state index in [0.29, 0.717) is 17.9 Å². The van der Waals surface area contributed by atoms with Crippen molar-refractivity contribution >= 4 is 41.7 Å². The molecule has 0 N–H and O–H groups in total. The summed E-state index contributed by atoms with van der Waals surface area (Å²) in [7, 11) is 2.40. The Hall–Kier alpha value is -4.53. The van der Waals surface area contributed by atoms with Gasteiger partial charge in [-0.2, -0.15) is 0 Å². The van der Waals surface area contributed by atoms with Gasteiger partial charge in [-0.3, -0.25) is 38.6 Å². The maximum absolute atomic E-state index is 14.5. The minimum absolute atomic E-state index is 0.375. The number of amides is 4. The zero-order valence-corrected chi connectivity index (χ0v) is 36.8. The molecule has 0 unspecified atom stereocenters. The number of esters is 4. The number of hydrogen-bond acceptors (Lipinski definition) is 13. The number of carbonyl (C=O) groups is 7. The minimum atomic E-state index is -2.32. The lowest BCUT2D eigenvalue weighted by molar-refractivity contribution is -0.270. The van der Waals surface area contributed by atoms with E-state index < -0.39 is 84.3 Å². The molecule has 2 aliphatic heterocycles. The molecule has 5 atom stereocenters. The van der Waals surface area contributed by atoms with E-state index >= 15 is 0 Å². The third-order valence-electron chi connectivity index (χ3n) is 11.1. The largest absolute Gasteiger partial charge is 0.494 e. The molecule has 2 saturated heterocycles. The topological polar surface area (TPSA) is 181 Å². The molecule has 2 heterocycles. The Labute approximate surface area is 355 Å². The highest BCUT2D eigenvalue weighted by Crippen LogP contribution is 2.44. The van der Waals surface area contributed by atoms with Gasteiger partial charge in [0.15, 0.2) is 23.7 Å². The minimum Gasteiger partial charge on any atom is -0.494 e. The highest BCUT2D eigenvalue weighted by molar-refractivity contribution is 6.19. The predicted octanol–water partition coefficient (Wildman–Crippen LogP) is 7.03. The van der Waals surface area contributed by atoms with Crippen LogP contribution in [0, 0.1) is 5.41 Å². The van der Waals surface area contributed by atoms with Crippen LogP contribution in [0.1, 0.15) is 143 Å². The van der Waals surface area contributed by atoms with Crippen LogP contribution in [0.15, 0.2) is 24.3 Å². The van der Waals surface area contributed by atoms with Crippen LogP contribution in [0.3, 0.4) is 0 Å². The quantitative estimate of drug-likeness (QED) is 0.0402. The van der Waals surface area contributed by atoms with Crippen molar-refractivity contribution in [2.24, 2.45) is 5.41 Å². The van der Waals surface area contributed by atoms with Gasteiger partial charge in [0.1, 0.15) is 24.6 Å². The molecule has 0 saturated carbocycles. The number of imide groups is 2. The molecule has 2 aliphatic rings. The molecule has 15 nitrogen and oxygen atoms in total. The second-order valence-electron chi connectivity index (χ2n) is 16.1. The van der Waals surface area contributed by atoms with Gasteiger partial charge in [-0.1, -0.05) is 115 Å². The zero-order valence-electron chi connectivity index (χ0n) is 36.8. The van der Waals surface area contributed by atoms with E-state index in [9.17, 15) is 33.6 Å². The van der Waals surface area contributed by atoms with Gasteiger partial charge in [0.05, 0.1) is 6.61 Å². The van der Waals surface area contributed by atoms with Crippen molar-refractivity contribution in [3.63, 3.8) is 0 Å². The molecule has 0 spiro atoms. The molecular weight excluding hydrogens is 776 g/mol. The van der Waals surface area contributed by atoms with E-state index in [1.807, 2.05) is 0 Å². The van der Waals surface area contributed by atoms with Gasteiger partial charge in [-0.15, -0.1) is 0 Å². The molecule has 15 heteroatoms. The molecule has 0 bridgehead atoms. The first-order valence-electron chi connectivity index (χ1n) is 21.8. The Morgan fingerprint density at radius 3 is 1.48 bits per heavy atom. The average Bonchev–Trinajstić information content (AvgIpc) is 3.20. The monoisotopic (exact) mass is 844 g/mol. The third-order valence-corrected chi connectivity index (χ3v) is 11.1. The molecule has 0 aromatic heterocycles. The number of urea groups is 1. The first-order valence-corrected chi connectivity index (χ1v) is 21.8. The summed E-state index contributed by atoms with van der Waals surface area (Å²) < 4.78 is 34.4. The second-order valence-corrected chi connectivity index (χ2v) is 16.1. The summed E-state index contributed by atoms with van der Waals surface area (Å²) in [5.74, 6) is -4.75. The van der Waals surface area contributed by atoms with Crippen molar-refractivity contribution in [3.8, 4) is 5.75 Å². The van der Waals surface area contributed by atoms with Crippen LogP contribution in [-0.4, -0.2) is 109 Å². The molecule has 0 aliphatic carbocycles. The highest BCUT2D eigenvalue weighted by Gasteiger charge is 2.67. The molecule has 3 rings (SSSR count). The number of barbiturate groups is 1. The molecule has 1 aromatic rings. The molecule has 1 aromatic carbocycles. The molecule has 0 radical (unpaired) electrons. The third kappa shape index (κ3) is 14.6. The number of hydrogen-bond donors (Lipinski definition) is 0. The van der Waals surface area contributed by atoms with E-state index in [1.165, 1.54) is 97.6 Å². The van der Waals surface area contributed by atoms with Crippen molar-refractivity contribution in [1.82, 2.24) is 9.80 Å². The van der Waals surface area contributed by atoms with Crippen LogP contribution >= 0.6 is 0 Å². The number of nitrogens with zero attached hydrogens (tertiary/aromatic N) is 2. The smallest absolute Gasteiger partial charge is 0.332 e. The Morgan fingerprint density at radius 2 is 1.03 bits per heavy atom. The average molecular weight is 845 g/mol. The number of rotatable bonds is 26. The van der Waals surface area contributed by atoms with Gasteiger partial charge in [-0.05, 0) is 30.5 Å².